The molecule has 9 nitrogen and oxygen atoms in total. The lowest BCUT2D eigenvalue weighted by atomic mass is 10.0. The number of hydrogen-bond donors (Lipinski definition) is 3. The van der Waals surface area contributed by atoms with E-state index in [0.29, 0.717) is 28.2 Å². The largest absolute Gasteiger partial charge is 0.497 e. The maximum absolute atomic E-state index is 12.6. The number of ether oxygens (including phenoxy) is 1. The third-order valence-electron chi connectivity index (χ3n) is 5.21. The molecule has 0 spiro atoms. The molecule has 3 rings (SSSR count). The Kier molecular flexibility index (Phi) is 8.67. The first-order valence-electron chi connectivity index (χ1n) is 10.8. The summed E-state index contributed by atoms with van der Waals surface area (Å²) in [4.78, 5) is 24.9. The van der Waals surface area contributed by atoms with Crippen molar-refractivity contribution in [1.82, 2.24) is 20.1 Å². The molecule has 3 aromatic rings. The lowest BCUT2D eigenvalue weighted by Gasteiger charge is -2.16. The molecule has 3 N–H and O–H groups in total. The summed E-state index contributed by atoms with van der Waals surface area (Å²) in [5.74, 6) is 1.06. The number of aliphatic hydroxyl groups is 1. The van der Waals surface area contributed by atoms with E-state index in [1.807, 2.05) is 24.3 Å². The first-order chi connectivity index (χ1) is 16.3. The minimum absolute atomic E-state index is 0.139. The second-order valence-electron chi connectivity index (χ2n) is 7.95. The molecule has 0 aliphatic carbocycles. The fourth-order valence-corrected chi connectivity index (χ4v) is 3.93. The molecule has 0 saturated heterocycles. The Labute approximate surface area is 202 Å². The van der Waals surface area contributed by atoms with Crippen LogP contribution >= 0.6 is 11.8 Å². The van der Waals surface area contributed by atoms with Crippen LogP contribution in [0.4, 0.5) is 5.69 Å². The number of carbonyl (C=O) groups is 2. The maximum atomic E-state index is 12.6. The van der Waals surface area contributed by atoms with Gasteiger partial charge in [-0.15, -0.1) is 10.2 Å². The van der Waals surface area contributed by atoms with Crippen LogP contribution in [0.15, 0.2) is 53.7 Å². The highest BCUT2D eigenvalue weighted by atomic mass is 32.2. The molecule has 10 heteroatoms. The molecule has 0 unspecified atom stereocenters. The monoisotopic (exact) mass is 483 g/mol. The van der Waals surface area contributed by atoms with Gasteiger partial charge in [-0.1, -0.05) is 37.7 Å². The highest BCUT2D eigenvalue weighted by molar-refractivity contribution is 7.99. The highest BCUT2D eigenvalue weighted by Crippen LogP contribution is 2.21. The molecule has 0 aliphatic rings. The van der Waals surface area contributed by atoms with Crippen LogP contribution in [0.5, 0.6) is 5.75 Å². The predicted molar refractivity (Wildman–Crippen MR) is 131 cm³/mol. The van der Waals surface area contributed by atoms with Gasteiger partial charge in [0, 0.05) is 18.3 Å². The van der Waals surface area contributed by atoms with Crippen LogP contribution in [-0.4, -0.2) is 51.2 Å². The smallest absolute Gasteiger partial charge is 0.251 e. The number of nitrogens with zero attached hydrogens (tertiary/aromatic N) is 3. The number of aliphatic hydroxyl groups excluding tert-OH is 1. The fourth-order valence-electron chi connectivity index (χ4n) is 3.21. The number of thioether (sulfide) groups is 1. The van der Waals surface area contributed by atoms with Gasteiger partial charge in [0.1, 0.15) is 11.8 Å². The van der Waals surface area contributed by atoms with E-state index in [1.165, 1.54) is 17.3 Å². The second-order valence-corrected chi connectivity index (χ2v) is 8.89. The standard InChI is InChI=1S/C24H29N5O4S/c1-15(2)16-5-9-18(10-6-16)25-21(31)14-34-24-28-27-22(29(24)3)20(13-30)26-23(32)17-7-11-19(33-4)12-8-17/h5-12,15,20,30H,13-14H2,1-4H3,(H,25,31)(H,26,32)/t20-/m1/s1. The first-order valence-corrected chi connectivity index (χ1v) is 11.8. The summed E-state index contributed by atoms with van der Waals surface area (Å²) in [5, 5.41) is 24.2. The van der Waals surface area contributed by atoms with Crippen molar-refractivity contribution in [1.29, 1.82) is 0 Å². The number of hydrogen-bond acceptors (Lipinski definition) is 7. The molecule has 0 saturated carbocycles. The fraction of sp³-hybridized carbons (Fsp3) is 0.333. The van der Waals surface area contributed by atoms with Crippen molar-refractivity contribution < 1.29 is 19.4 Å². The molecule has 0 aliphatic heterocycles. The van der Waals surface area contributed by atoms with Crippen LogP contribution in [0.2, 0.25) is 0 Å². The predicted octanol–water partition coefficient (Wildman–Crippen LogP) is 3.14. The van der Waals surface area contributed by atoms with Crippen LogP contribution in [0.3, 0.4) is 0 Å². The minimum Gasteiger partial charge on any atom is -0.497 e. The summed E-state index contributed by atoms with van der Waals surface area (Å²) in [6.07, 6.45) is 0. The molecule has 1 heterocycles. The van der Waals surface area contributed by atoms with Gasteiger partial charge >= 0.3 is 0 Å². The Bertz CT molecular complexity index is 1110. The Balaban J connectivity index is 1.58. The van der Waals surface area contributed by atoms with Gasteiger partial charge in [0.15, 0.2) is 11.0 Å². The van der Waals surface area contributed by atoms with Crippen LogP contribution in [-0.2, 0) is 11.8 Å². The van der Waals surface area contributed by atoms with Crippen molar-refractivity contribution in [3.8, 4) is 5.75 Å². The Hall–Kier alpha value is -3.37. The number of benzene rings is 2. The van der Waals surface area contributed by atoms with E-state index in [9.17, 15) is 14.7 Å². The van der Waals surface area contributed by atoms with Crippen molar-refractivity contribution >= 4 is 29.3 Å². The summed E-state index contributed by atoms with van der Waals surface area (Å²) in [7, 11) is 3.27. The zero-order chi connectivity index (χ0) is 24.7. The number of amides is 2. The molecule has 2 aromatic carbocycles. The molecule has 1 atom stereocenters. The number of aromatic nitrogens is 3. The second kappa shape index (κ2) is 11.7. The number of rotatable bonds is 10. The number of nitrogens with one attached hydrogen (secondary N) is 2. The molecule has 180 valence electrons. The van der Waals surface area contributed by atoms with Gasteiger partial charge in [-0.3, -0.25) is 9.59 Å². The number of anilines is 1. The van der Waals surface area contributed by atoms with Gasteiger partial charge in [-0.05, 0) is 47.9 Å². The van der Waals surface area contributed by atoms with Crippen LogP contribution in [0.1, 0.15) is 47.6 Å². The number of carbonyl (C=O) groups excluding carboxylic acids is 2. The molecule has 0 radical (unpaired) electrons. The zero-order valence-corrected chi connectivity index (χ0v) is 20.4. The van der Waals surface area contributed by atoms with Crippen LogP contribution in [0.25, 0.3) is 0 Å². The molecule has 0 fully saturated rings. The Morgan fingerprint density at radius 1 is 1.09 bits per heavy atom. The van der Waals surface area contributed by atoms with E-state index in [0.717, 1.165) is 5.69 Å². The van der Waals surface area contributed by atoms with E-state index >= 15 is 0 Å². The van der Waals surface area contributed by atoms with Crippen LogP contribution < -0.4 is 15.4 Å². The van der Waals surface area contributed by atoms with Crippen LogP contribution in [0, 0.1) is 0 Å². The third kappa shape index (κ3) is 6.36. The highest BCUT2D eigenvalue weighted by Gasteiger charge is 2.22. The van der Waals surface area contributed by atoms with Crippen molar-refractivity contribution in [2.24, 2.45) is 7.05 Å². The molecule has 1 aromatic heterocycles. The van der Waals surface area contributed by atoms with Gasteiger partial charge in [0.2, 0.25) is 5.91 Å². The molecular formula is C24H29N5O4S. The summed E-state index contributed by atoms with van der Waals surface area (Å²) in [6, 6.07) is 13.6. The third-order valence-corrected chi connectivity index (χ3v) is 6.23. The van der Waals surface area contributed by atoms with E-state index in [-0.39, 0.29) is 24.2 Å². The average Bonchev–Trinajstić information content (AvgIpc) is 3.21. The lowest BCUT2D eigenvalue weighted by molar-refractivity contribution is -0.113. The quantitative estimate of drug-likeness (QED) is 0.379. The maximum Gasteiger partial charge on any atom is 0.251 e. The van der Waals surface area contributed by atoms with Crippen molar-refractivity contribution in [2.45, 2.75) is 31.0 Å². The van der Waals surface area contributed by atoms with E-state index in [4.69, 9.17) is 4.74 Å². The zero-order valence-electron chi connectivity index (χ0n) is 19.6. The van der Waals surface area contributed by atoms with Gasteiger partial charge in [-0.2, -0.15) is 0 Å². The summed E-state index contributed by atoms with van der Waals surface area (Å²) >= 11 is 1.22. The Morgan fingerprint density at radius 2 is 1.76 bits per heavy atom. The van der Waals surface area contributed by atoms with Gasteiger partial charge in [0.05, 0.1) is 19.5 Å². The van der Waals surface area contributed by atoms with E-state index in [2.05, 4.69) is 34.7 Å². The molecule has 2 amide bonds. The van der Waals surface area contributed by atoms with Crippen molar-refractivity contribution in [3.63, 3.8) is 0 Å². The lowest BCUT2D eigenvalue weighted by Crippen LogP contribution is -2.32. The van der Waals surface area contributed by atoms with Crippen molar-refractivity contribution in [2.75, 3.05) is 24.8 Å². The molecular weight excluding hydrogens is 454 g/mol. The minimum atomic E-state index is -0.755. The molecule has 0 bridgehead atoms. The average molecular weight is 484 g/mol. The summed E-state index contributed by atoms with van der Waals surface area (Å²) in [5.41, 5.74) is 2.36. The topological polar surface area (TPSA) is 118 Å². The van der Waals surface area contributed by atoms with Crippen molar-refractivity contribution in [3.05, 3.63) is 65.5 Å². The number of methoxy groups -OCH3 is 1. The van der Waals surface area contributed by atoms with E-state index in [1.54, 1.807) is 43.0 Å². The van der Waals surface area contributed by atoms with Gasteiger partial charge in [0.25, 0.3) is 5.91 Å². The molecule has 34 heavy (non-hydrogen) atoms. The SMILES string of the molecule is COc1ccc(C(=O)N[C@H](CO)c2nnc(SCC(=O)Nc3ccc(C(C)C)cc3)n2C)cc1. The van der Waals surface area contributed by atoms with E-state index < -0.39 is 6.04 Å². The summed E-state index contributed by atoms with van der Waals surface area (Å²) in [6.45, 7) is 3.88. The Morgan fingerprint density at radius 3 is 2.35 bits per heavy atom. The first kappa shape index (κ1) is 25.3. The summed E-state index contributed by atoms with van der Waals surface area (Å²) < 4.78 is 6.76. The van der Waals surface area contributed by atoms with Gasteiger partial charge < -0.3 is 25.0 Å². The normalized spacial score (nSPS) is 11.8. The van der Waals surface area contributed by atoms with Gasteiger partial charge in [-0.25, -0.2) is 0 Å².